The van der Waals surface area contributed by atoms with Crippen LogP contribution in [0, 0.1) is 16.0 Å². The number of nitro benzene ring substituents is 1. The first kappa shape index (κ1) is 13.8. The quantitative estimate of drug-likeness (QED) is 0.477. The van der Waals surface area contributed by atoms with Crippen molar-refractivity contribution in [2.24, 2.45) is 5.92 Å². The minimum atomic E-state index is -0.305. The van der Waals surface area contributed by atoms with Crippen LogP contribution in [0.5, 0.6) is 0 Å². The van der Waals surface area contributed by atoms with E-state index in [9.17, 15) is 10.1 Å². The molecule has 0 radical (unpaired) electrons. The molecule has 17 heavy (non-hydrogen) atoms. The van der Waals surface area contributed by atoms with Gasteiger partial charge in [-0.3, -0.25) is 10.1 Å². The Morgan fingerprint density at radius 3 is 2.71 bits per heavy atom. The average molecular weight is 254 g/mol. The Balaban J connectivity index is 3.02. The van der Waals surface area contributed by atoms with Gasteiger partial charge in [0.1, 0.15) is 5.69 Å². The van der Waals surface area contributed by atoms with E-state index in [1.807, 2.05) is 19.1 Å². The molecule has 0 aliphatic carbocycles. The van der Waals surface area contributed by atoms with E-state index in [2.05, 4.69) is 19.2 Å². The molecule has 0 atom stereocenters. The third-order valence-corrected chi connectivity index (χ3v) is 3.59. The molecule has 4 nitrogen and oxygen atoms in total. The summed E-state index contributed by atoms with van der Waals surface area (Å²) in [5.74, 6) is 1.40. The normalized spacial score (nSPS) is 10.6. The van der Waals surface area contributed by atoms with E-state index in [-0.39, 0.29) is 10.6 Å². The molecule has 1 rings (SSSR count). The van der Waals surface area contributed by atoms with Crippen LogP contribution in [0.3, 0.4) is 0 Å². The minimum absolute atomic E-state index is 0.194. The lowest BCUT2D eigenvalue weighted by Crippen LogP contribution is -2.02. The van der Waals surface area contributed by atoms with Crippen LogP contribution in [-0.4, -0.2) is 17.2 Å². The lowest BCUT2D eigenvalue weighted by molar-refractivity contribution is -0.386. The molecule has 0 aromatic heterocycles. The van der Waals surface area contributed by atoms with Gasteiger partial charge in [0.2, 0.25) is 0 Å². The molecule has 0 amide bonds. The molecule has 0 fully saturated rings. The number of nitro groups is 1. The Hall–Kier alpha value is -1.23. The number of hydrogen-bond donors (Lipinski definition) is 1. The number of rotatable bonds is 6. The molecule has 0 unspecified atom stereocenters. The van der Waals surface area contributed by atoms with Crippen LogP contribution in [0.1, 0.15) is 20.8 Å². The Morgan fingerprint density at radius 2 is 2.18 bits per heavy atom. The topological polar surface area (TPSA) is 55.2 Å². The SMILES string of the molecule is CCNc1cccc(SCC(C)C)c1[N+](=O)[O-]. The van der Waals surface area contributed by atoms with E-state index in [4.69, 9.17) is 0 Å². The van der Waals surface area contributed by atoms with Gasteiger partial charge in [0.05, 0.1) is 9.82 Å². The van der Waals surface area contributed by atoms with Gasteiger partial charge in [-0.2, -0.15) is 0 Å². The van der Waals surface area contributed by atoms with Crippen LogP contribution in [0.2, 0.25) is 0 Å². The van der Waals surface area contributed by atoms with Crippen molar-refractivity contribution in [3.05, 3.63) is 28.3 Å². The van der Waals surface area contributed by atoms with Gasteiger partial charge < -0.3 is 5.32 Å². The van der Waals surface area contributed by atoms with Crippen molar-refractivity contribution in [3.8, 4) is 0 Å². The lowest BCUT2D eigenvalue weighted by Gasteiger charge is -2.09. The Morgan fingerprint density at radius 1 is 1.47 bits per heavy atom. The smallest absolute Gasteiger partial charge is 0.305 e. The maximum Gasteiger partial charge on any atom is 0.305 e. The summed E-state index contributed by atoms with van der Waals surface area (Å²) in [6, 6.07) is 5.42. The van der Waals surface area contributed by atoms with Gasteiger partial charge >= 0.3 is 5.69 Å². The van der Waals surface area contributed by atoms with Crippen LogP contribution >= 0.6 is 11.8 Å². The van der Waals surface area contributed by atoms with Crippen molar-refractivity contribution in [1.82, 2.24) is 0 Å². The molecule has 1 aromatic rings. The molecule has 0 saturated heterocycles. The summed E-state index contributed by atoms with van der Waals surface area (Å²) in [5.41, 5.74) is 0.797. The highest BCUT2D eigenvalue weighted by Crippen LogP contribution is 2.36. The van der Waals surface area contributed by atoms with Crippen molar-refractivity contribution in [1.29, 1.82) is 0 Å². The zero-order chi connectivity index (χ0) is 12.8. The largest absolute Gasteiger partial charge is 0.380 e. The number of para-hydroxylation sites is 1. The maximum absolute atomic E-state index is 11.1. The highest BCUT2D eigenvalue weighted by molar-refractivity contribution is 7.99. The first-order valence-electron chi connectivity index (χ1n) is 5.70. The molecule has 0 heterocycles. The van der Waals surface area contributed by atoms with E-state index >= 15 is 0 Å². The van der Waals surface area contributed by atoms with E-state index in [0.29, 0.717) is 18.2 Å². The van der Waals surface area contributed by atoms with Gasteiger partial charge in [-0.15, -0.1) is 11.8 Å². The number of benzene rings is 1. The Labute approximate surface area is 106 Å². The fourth-order valence-corrected chi connectivity index (χ4v) is 2.43. The Kier molecular flexibility index (Phi) is 5.28. The summed E-state index contributed by atoms with van der Waals surface area (Å²) in [7, 11) is 0. The number of nitrogens with zero attached hydrogens (tertiary/aromatic N) is 1. The third kappa shape index (κ3) is 3.93. The van der Waals surface area contributed by atoms with Gasteiger partial charge in [-0.1, -0.05) is 19.9 Å². The van der Waals surface area contributed by atoms with Crippen LogP contribution in [0.4, 0.5) is 11.4 Å². The van der Waals surface area contributed by atoms with E-state index in [1.54, 1.807) is 17.8 Å². The van der Waals surface area contributed by atoms with Gasteiger partial charge in [-0.05, 0) is 25.0 Å². The molecule has 0 aliphatic rings. The molecule has 94 valence electrons. The number of nitrogens with one attached hydrogen (secondary N) is 1. The summed E-state index contributed by atoms with van der Waals surface area (Å²) < 4.78 is 0. The third-order valence-electron chi connectivity index (χ3n) is 2.12. The molecule has 0 bridgehead atoms. The second-order valence-electron chi connectivity index (χ2n) is 4.14. The van der Waals surface area contributed by atoms with Gasteiger partial charge in [0.15, 0.2) is 0 Å². The molecule has 0 saturated carbocycles. The molecular weight excluding hydrogens is 236 g/mol. The fraction of sp³-hybridized carbons (Fsp3) is 0.500. The standard InChI is InChI=1S/C12H18N2O2S/c1-4-13-10-6-5-7-11(12(10)14(15)16)17-8-9(2)3/h5-7,9,13H,4,8H2,1-3H3. The van der Waals surface area contributed by atoms with Crippen molar-refractivity contribution >= 4 is 23.1 Å². The van der Waals surface area contributed by atoms with Crippen LogP contribution in [0.25, 0.3) is 0 Å². The van der Waals surface area contributed by atoms with Crippen molar-refractivity contribution in [3.63, 3.8) is 0 Å². The van der Waals surface area contributed by atoms with Gasteiger partial charge in [0, 0.05) is 12.3 Å². The molecule has 0 aliphatic heterocycles. The summed E-state index contributed by atoms with van der Waals surface area (Å²) in [4.78, 5) is 11.5. The zero-order valence-corrected chi connectivity index (χ0v) is 11.2. The minimum Gasteiger partial charge on any atom is -0.380 e. The van der Waals surface area contributed by atoms with Crippen molar-refractivity contribution < 1.29 is 4.92 Å². The number of thioether (sulfide) groups is 1. The van der Waals surface area contributed by atoms with E-state index < -0.39 is 0 Å². The molecule has 0 spiro atoms. The first-order valence-corrected chi connectivity index (χ1v) is 6.68. The number of anilines is 1. The van der Waals surface area contributed by atoms with Gasteiger partial charge in [0.25, 0.3) is 0 Å². The summed E-state index contributed by atoms with van der Waals surface area (Å²) in [6.07, 6.45) is 0. The lowest BCUT2D eigenvalue weighted by atomic mass is 10.2. The maximum atomic E-state index is 11.1. The zero-order valence-electron chi connectivity index (χ0n) is 10.4. The van der Waals surface area contributed by atoms with E-state index in [1.165, 1.54) is 0 Å². The number of hydrogen-bond acceptors (Lipinski definition) is 4. The van der Waals surface area contributed by atoms with Crippen LogP contribution in [0.15, 0.2) is 23.1 Å². The average Bonchev–Trinajstić information content (AvgIpc) is 2.26. The highest BCUT2D eigenvalue weighted by atomic mass is 32.2. The van der Waals surface area contributed by atoms with Crippen LogP contribution < -0.4 is 5.32 Å². The van der Waals surface area contributed by atoms with Crippen molar-refractivity contribution in [2.45, 2.75) is 25.7 Å². The van der Waals surface area contributed by atoms with E-state index in [0.717, 1.165) is 10.6 Å². The summed E-state index contributed by atoms with van der Waals surface area (Å²) in [5, 5.41) is 14.1. The van der Waals surface area contributed by atoms with Gasteiger partial charge in [-0.25, -0.2) is 0 Å². The molecule has 1 aromatic carbocycles. The van der Waals surface area contributed by atoms with Crippen molar-refractivity contribution in [2.75, 3.05) is 17.6 Å². The fourth-order valence-electron chi connectivity index (χ4n) is 1.42. The monoisotopic (exact) mass is 254 g/mol. The second kappa shape index (κ2) is 6.49. The molecular formula is C12H18N2O2S. The second-order valence-corrected chi connectivity index (χ2v) is 5.21. The summed E-state index contributed by atoms with van der Waals surface area (Å²) >= 11 is 1.54. The Bertz CT molecular complexity index is 394. The predicted octanol–water partition coefficient (Wildman–Crippen LogP) is 3.77. The molecule has 5 heteroatoms. The predicted molar refractivity (Wildman–Crippen MR) is 72.8 cm³/mol. The molecule has 1 N–H and O–H groups in total. The first-order chi connectivity index (χ1) is 8.06. The summed E-state index contributed by atoms with van der Waals surface area (Å²) in [6.45, 7) is 6.82. The highest BCUT2D eigenvalue weighted by Gasteiger charge is 2.19. The van der Waals surface area contributed by atoms with Crippen LogP contribution in [-0.2, 0) is 0 Å².